The number of hydrogen-bond donors (Lipinski definition) is 2. The number of benzene rings is 1. The van der Waals surface area contributed by atoms with Crippen LogP contribution in [0.5, 0.6) is 0 Å². The van der Waals surface area contributed by atoms with Crippen LogP contribution in [0.1, 0.15) is 5.56 Å². The predicted octanol–water partition coefficient (Wildman–Crippen LogP) is 4.07. The van der Waals surface area contributed by atoms with Crippen LogP contribution in [-0.4, -0.2) is 12.0 Å². The van der Waals surface area contributed by atoms with Crippen molar-refractivity contribution in [3.8, 4) is 0 Å². The van der Waals surface area contributed by atoms with Crippen LogP contribution >= 0.6 is 39.1 Å². The van der Waals surface area contributed by atoms with E-state index >= 15 is 0 Å². The van der Waals surface area contributed by atoms with Gasteiger partial charge in [0.1, 0.15) is 5.82 Å². The molecule has 0 unspecified atom stereocenters. The van der Waals surface area contributed by atoms with Crippen molar-refractivity contribution in [1.29, 1.82) is 0 Å². The number of nitrogens with zero attached hydrogens (tertiary/aromatic N) is 2. The summed E-state index contributed by atoms with van der Waals surface area (Å²) in [6.07, 6.45) is 0. The number of nitrogens with one attached hydrogen (secondary N) is 1. The molecule has 0 amide bonds. The molecule has 0 saturated heterocycles. The number of anilines is 2. The second-order valence-electron chi connectivity index (χ2n) is 4.25. The van der Waals surface area contributed by atoms with Gasteiger partial charge in [-0.2, -0.15) is 0 Å². The Balaban J connectivity index is 2.27. The Morgan fingerprint density at radius 1 is 1.30 bits per heavy atom. The lowest BCUT2D eigenvalue weighted by atomic mass is 10.2. The SMILES string of the molecule is CN(Cc1cccc(Br)c1)c1nc(NN)c(Cl)cc1Cl. The number of nitrogen functional groups attached to an aromatic ring is 1. The maximum Gasteiger partial charge on any atom is 0.161 e. The Kier molecular flexibility index (Phi) is 5.10. The molecule has 0 aliphatic carbocycles. The summed E-state index contributed by atoms with van der Waals surface area (Å²) >= 11 is 15.6. The smallest absolute Gasteiger partial charge is 0.161 e. The van der Waals surface area contributed by atoms with E-state index in [1.165, 1.54) is 0 Å². The molecule has 106 valence electrons. The summed E-state index contributed by atoms with van der Waals surface area (Å²) in [5, 5.41) is 0.864. The minimum Gasteiger partial charge on any atom is -0.354 e. The summed E-state index contributed by atoms with van der Waals surface area (Å²) in [5.41, 5.74) is 3.59. The number of halogens is 3. The molecule has 1 heterocycles. The molecule has 0 spiro atoms. The van der Waals surface area contributed by atoms with Gasteiger partial charge in [-0.1, -0.05) is 51.3 Å². The molecule has 0 aliphatic heterocycles. The molecule has 0 radical (unpaired) electrons. The van der Waals surface area contributed by atoms with Crippen molar-refractivity contribution in [1.82, 2.24) is 4.98 Å². The van der Waals surface area contributed by atoms with Crippen molar-refractivity contribution in [2.45, 2.75) is 6.54 Å². The first-order valence-corrected chi connectivity index (χ1v) is 7.34. The van der Waals surface area contributed by atoms with Crippen molar-refractivity contribution in [2.24, 2.45) is 5.84 Å². The third kappa shape index (κ3) is 3.55. The number of pyridine rings is 1. The van der Waals surface area contributed by atoms with Crippen molar-refractivity contribution < 1.29 is 0 Å². The average Bonchev–Trinajstić information content (AvgIpc) is 2.38. The van der Waals surface area contributed by atoms with Gasteiger partial charge in [0, 0.05) is 18.1 Å². The highest BCUT2D eigenvalue weighted by Crippen LogP contribution is 2.31. The van der Waals surface area contributed by atoms with Gasteiger partial charge in [-0.3, -0.25) is 0 Å². The Hall–Kier alpha value is -1.01. The highest BCUT2D eigenvalue weighted by Gasteiger charge is 2.13. The van der Waals surface area contributed by atoms with Gasteiger partial charge in [-0.25, -0.2) is 10.8 Å². The Morgan fingerprint density at radius 2 is 2.05 bits per heavy atom. The zero-order chi connectivity index (χ0) is 14.7. The number of nitrogens with two attached hydrogens (primary N) is 1. The van der Waals surface area contributed by atoms with Crippen molar-refractivity contribution in [3.63, 3.8) is 0 Å². The quantitative estimate of drug-likeness (QED) is 0.624. The van der Waals surface area contributed by atoms with Gasteiger partial charge in [0.2, 0.25) is 0 Å². The van der Waals surface area contributed by atoms with E-state index in [-0.39, 0.29) is 0 Å². The van der Waals surface area contributed by atoms with E-state index in [2.05, 4.69) is 26.3 Å². The number of hydrogen-bond acceptors (Lipinski definition) is 4. The molecule has 0 bridgehead atoms. The first kappa shape index (κ1) is 15.4. The lowest BCUT2D eigenvalue weighted by Gasteiger charge is -2.20. The Bertz CT molecular complexity index is 621. The highest BCUT2D eigenvalue weighted by molar-refractivity contribution is 9.10. The number of aromatic nitrogens is 1. The Morgan fingerprint density at radius 3 is 2.70 bits per heavy atom. The summed E-state index contributed by atoms with van der Waals surface area (Å²) in [5.74, 6) is 6.39. The summed E-state index contributed by atoms with van der Waals surface area (Å²) < 4.78 is 1.03. The maximum absolute atomic E-state index is 6.18. The van der Waals surface area contributed by atoms with Crippen LogP contribution in [0.15, 0.2) is 34.8 Å². The topological polar surface area (TPSA) is 54.2 Å². The average molecular weight is 376 g/mol. The first-order chi connectivity index (χ1) is 9.51. The molecule has 2 aromatic rings. The standard InChI is InChI=1S/C13H13BrCl2N4/c1-20(7-8-3-2-4-9(14)5-8)13-11(16)6-10(15)12(18-13)19-17/h2-6H,7,17H2,1H3,(H,18,19). The van der Waals surface area contributed by atoms with Gasteiger partial charge in [-0.15, -0.1) is 0 Å². The van der Waals surface area contributed by atoms with Crippen molar-refractivity contribution in [2.75, 3.05) is 17.4 Å². The predicted molar refractivity (Wildman–Crippen MR) is 88.3 cm³/mol. The van der Waals surface area contributed by atoms with E-state index < -0.39 is 0 Å². The molecule has 0 aliphatic rings. The molecule has 3 N–H and O–H groups in total. The molecule has 1 aromatic heterocycles. The van der Waals surface area contributed by atoms with Gasteiger partial charge in [0.15, 0.2) is 5.82 Å². The molecular formula is C13H13BrCl2N4. The molecule has 0 atom stereocenters. The summed E-state index contributed by atoms with van der Waals surface area (Å²) in [6.45, 7) is 0.664. The zero-order valence-electron chi connectivity index (χ0n) is 10.7. The van der Waals surface area contributed by atoms with E-state index in [9.17, 15) is 0 Å². The van der Waals surface area contributed by atoms with Gasteiger partial charge in [0.25, 0.3) is 0 Å². The van der Waals surface area contributed by atoms with Gasteiger partial charge in [0.05, 0.1) is 10.0 Å². The van der Waals surface area contributed by atoms with E-state index in [4.69, 9.17) is 29.0 Å². The number of rotatable bonds is 4. The normalized spacial score (nSPS) is 10.4. The summed E-state index contributed by atoms with van der Waals surface area (Å²) in [7, 11) is 1.91. The molecule has 0 saturated carbocycles. The van der Waals surface area contributed by atoms with Crippen LogP contribution < -0.4 is 16.2 Å². The third-order valence-electron chi connectivity index (χ3n) is 2.72. The van der Waals surface area contributed by atoms with Crippen molar-refractivity contribution in [3.05, 3.63) is 50.4 Å². The van der Waals surface area contributed by atoms with Crippen molar-refractivity contribution >= 4 is 50.8 Å². The van der Waals surface area contributed by atoms with E-state index in [1.54, 1.807) is 6.07 Å². The second-order valence-corrected chi connectivity index (χ2v) is 5.98. The van der Waals surface area contributed by atoms with Crippen LogP contribution in [0.25, 0.3) is 0 Å². The van der Waals surface area contributed by atoms with Crippen LogP contribution in [0.4, 0.5) is 11.6 Å². The highest BCUT2D eigenvalue weighted by atomic mass is 79.9. The van der Waals surface area contributed by atoms with E-state index in [1.807, 2.05) is 36.2 Å². The van der Waals surface area contributed by atoms with Gasteiger partial charge >= 0.3 is 0 Å². The van der Waals surface area contributed by atoms with E-state index in [0.717, 1.165) is 10.0 Å². The lowest BCUT2D eigenvalue weighted by molar-refractivity contribution is 0.897. The van der Waals surface area contributed by atoms with Gasteiger partial charge < -0.3 is 10.3 Å². The van der Waals surface area contributed by atoms with Crippen LogP contribution in [-0.2, 0) is 6.54 Å². The Labute approximate surface area is 136 Å². The largest absolute Gasteiger partial charge is 0.354 e. The molecule has 2 rings (SSSR count). The fourth-order valence-corrected chi connectivity index (χ4v) is 2.81. The van der Waals surface area contributed by atoms with E-state index in [0.29, 0.717) is 28.2 Å². The zero-order valence-corrected chi connectivity index (χ0v) is 13.8. The summed E-state index contributed by atoms with van der Waals surface area (Å²) in [4.78, 5) is 6.25. The maximum atomic E-state index is 6.18. The molecule has 0 fully saturated rings. The monoisotopic (exact) mass is 374 g/mol. The minimum atomic E-state index is 0.386. The second kappa shape index (κ2) is 6.63. The van der Waals surface area contributed by atoms with Crippen LogP contribution in [0.2, 0.25) is 10.0 Å². The molecule has 20 heavy (non-hydrogen) atoms. The minimum absolute atomic E-state index is 0.386. The lowest BCUT2D eigenvalue weighted by Crippen LogP contribution is -2.19. The van der Waals surface area contributed by atoms with Crippen LogP contribution in [0.3, 0.4) is 0 Å². The van der Waals surface area contributed by atoms with Crippen LogP contribution in [0, 0.1) is 0 Å². The fraction of sp³-hybridized carbons (Fsp3) is 0.154. The molecule has 7 heteroatoms. The number of hydrazine groups is 1. The van der Waals surface area contributed by atoms with Gasteiger partial charge in [-0.05, 0) is 23.8 Å². The molecule has 1 aromatic carbocycles. The fourth-order valence-electron chi connectivity index (χ4n) is 1.81. The first-order valence-electron chi connectivity index (χ1n) is 5.79. The third-order valence-corrected chi connectivity index (χ3v) is 3.78. The molecule has 4 nitrogen and oxygen atoms in total. The molecular weight excluding hydrogens is 363 g/mol. The summed E-state index contributed by atoms with van der Waals surface area (Å²) in [6, 6.07) is 9.66.